The molecular formula is C11H7F3IN3O3. The van der Waals surface area contributed by atoms with Crippen molar-refractivity contribution in [3.63, 3.8) is 0 Å². The topological polar surface area (TPSA) is 91.2 Å². The first-order valence-corrected chi connectivity index (χ1v) is 6.47. The van der Waals surface area contributed by atoms with Crippen LogP contribution in [0.25, 0.3) is 11.5 Å². The van der Waals surface area contributed by atoms with E-state index >= 15 is 0 Å². The second kappa shape index (κ2) is 5.87. The SMILES string of the molecule is NC(=O)OCc1noc(-c2ccc(C(F)(F)F)cc2I)n1. The van der Waals surface area contributed by atoms with Crippen LogP contribution in [0.15, 0.2) is 22.7 Å². The Labute approximate surface area is 129 Å². The molecule has 0 aliphatic rings. The van der Waals surface area contributed by atoms with E-state index in [4.69, 9.17) is 10.3 Å². The smallest absolute Gasteiger partial charge is 0.416 e. The van der Waals surface area contributed by atoms with Gasteiger partial charge in [0.2, 0.25) is 5.82 Å². The number of primary amides is 1. The minimum atomic E-state index is -4.42. The summed E-state index contributed by atoms with van der Waals surface area (Å²) in [6.07, 6.45) is -5.42. The largest absolute Gasteiger partial charge is 0.441 e. The van der Waals surface area contributed by atoms with Crippen LogP contribution in [0.4, 0.5) is 18.0 Å². The molecule has 112 valence electrons. The number of carbonyl (C=O) groups is 1. The summed E-state index contributed by atoms with van der Waals surface area (Å²) in [6, 6.07) is 3.12. The summed E-state index contributed by atoms with van der Waals surface area (Å²) < 4.78 is 47.4. The van der Waals surface area contributed by atoms with Crippen LogP contribution in [0.3, 0.4) is 0 Å². The molecule has 1 aromatic carbocycles. The highest BCUT2D eigenvalue weighted by molar-refractivity contribution is 14.1. The first-order chi connectivity index (χ1) is 9.77. The van der Waals surface area contributed by atoms with Gasteiger partial charge in [0, 0.05) is 3.57 Å². The summed E-state index contributed by atoms with van der Waals surface area (Å²) in [4.78, 5) is 14.3. The molecule has 1 aromatic heterocycles. The first kappa shape index (κ1) is 15.5. The molecule has 1 heterocycles. The number of halogens is 4. The Morgan fingerprint density at radius 1 is 1.43 bits per heavy atom. The molecule has 0 bridgehead atoms. The summed E-state index contributed by atoms with van der Waals surface area (Å²) in [6.45, 7) is -0.282. The standard InChI is InChI=1S/C11H7F3IN3O3/c12-11(13,14)5-1-2-6(7(15)3-5)9-17-8(18-21-9)4-20-10(16)19/h1-3H,4H2,(H2,16,19). The van der Waals surface area contributed by atoms with Gasteiger partial charge in [0.25, 0.3) is 5.89 Å². The molecule has 0 aliphatic heterocycles. The highest BCUT2D eigenvalue weighted by atomic mass is 127. The third-order valence-corrected chi connectivity index (χ3v) is 3.23. The van der Waals surface area contributed by atoms with Crippen molar-refractivity contribution in [2.75, 3.05) is 0 Å². The first-order valence-electron chi connectivity index (χ1n) is 5.39. The Morgan fingerprint density at radius 2 is 2.14 bits per heavy atom. The number of nitrogens with zero attached hydrogens (tertiary/aromatic N) is 2. The van der Waals surface area contributed by atoms with Crippen molar-refractivity contribution in [3.05, 3.63) is 33.2 Å². The van der Waals surface area contributed by atoms with Crippen LogP contribution in [-0.4, -0.2) is 16.2 Å². The molecule has 0 saturated heterocycles. The lowest BCUT2D eigenvalue weighted by molar-refractivity contribution is -0.137. The molecule has 21 heavy (non-hydrogen) atoms. The van der Waals surface area contributed by atoms with Gasteiger partial charge < -0.3 is 15.0 Å². The zero-order valence-corrected chi connectivity index (χ0v) is 12.3. The van der Waals surface area contributed by atoms with Gasteiger partial charge in [0.1, 0.15) is 0 Å². The third kappa shape index (κ3) is 3.83. The molecule has 6 nitrogen and oxygen atoms in total. The van der Waals surface area contributed by atoms with Crippen LogP contribution in [0, 0.1) is 3.57 Å². The van der Waals surface area contributed by atoms with E-state index in [9.17, 15) is 18.0 Å². The van der Waals surface area contributed by atoms with E-state index in [2.05, 4.69) is 14.9 Å². The molecule has 0 aliphatic carbocycles. The Balaban J connectivity index is 2.24. The number of ether oxygens (including phenoxy) is 1. The number of benzene rings is 1. The van der Waals surface area contributed by atoms with Crippen molar-refractivity contribution in [1.29, 1.82) is 0 Å². The molecule has 0 saturated carbocycles. The molecule has 10 heteroatoms. The van der Waals surface area contributed by atoms with E-state index in [-0.39, 0.29) is 18.3 Å². The van der Waals surface area contributed by atoms with Gasteiger partial charge in [0.15, 0.2) is 6.61 Å². The normalized spacial score (nSPS) is 11.4. The zero-order valence-electron chi connectivity index (χ0n) is 10.1. The van der Waals surface area contributed by atoms with Crippen molar-refractivity contribution in [2.45, 2.75) is 12.8 Å². The molecule has 0 atom stereocenters. The fourth-order valence-corrected chi connectivity index (χ4v) is 2.17. The lowest BCUT2D eigenvalue weighted by Crippen LogP contribution is -2.13. The number of nitrogens with two attached hydrogens (primary N) is 1. The fraction of sp³-hybridized carbons (Fsp3) is 0.182. The number of rotatable bonds is 3. The Morgan fingerprint density at radius 3 is 2.71 bits per heavy atom. The molecule has 0 unspecified atom stereocenters. The number of carbonyl (C=O) groups excluding carboxylic acids is 1. The highest BCUT2D eigenvalue weighted by Crippen LogP contribution is 2.33. The molecule has 0 spiro atoms. The number of alkyl halides is 3. The maximum Gasteiger partial charge on any atom is 0.416 e. The number of hydrogen-bond donors (Lipinski definition) is 1. The molecule has 0 fully saturated rings. The van der Waals surface area contributed by atoms with Gasteiger partial charge >= 0.3 is 12.3 Å². The Hall–Kier alpha value is -1.85. The van der Waals surface area contributed by atoms with Gasteiger partial charge in [-0.1, -0.05) is 5.16 Å². The van der Waals surface area contributed by atoms with E-state index in [0.29, 0.717) is 9.13 Å². The van der Waals surface area contributed by atoms with Gasteiger partial charge in [-0.25, -0.2) is 4.79 Å². The summed E-state index contributed by atoms with van der Waals surface area (Å²) in [7, 11) is 0. The summed E-state index contributed by atoms with van der Waals surface area (Å²) in [5.41, 5.74) is 4.36. The van der Waals surface area contributed by atoms with Crippen LogP contribution in [0.5, 0.6) is 0 Å². The number of aromatic nitrogens is 2. The van der Waals surface area contributed by atoms with Crippen LogP contribution in [0.1, 0.15) is 11.4 Å². The zero-order chi connectivity index (χ0) is 15.6. The Bertz CT molecular complexity index is 672. The molecule has 1 amide bonds. The van der Waals surface area contributed by atoms with Crippen LogP contribution in [-0.2, 0) is 17.5 Å². The van der Waals surface area contributed by atoms with Crippen LogP contribution >= 0.6 is 22.6 Å². The third-order valence-electron chi connectivity index (χ3n) is 2.34. The number of amides is 1. The molecule has 2 rings (SSSR count). The molecule has 0 radical (unpaired) electrons. The number of hydrogen-bond acceptors (Lipinski definition) is 5. The van der Waals surface area contributed by atoms with Gasteiger partial charge in [0.05, 0.1) is 11.1 Å². The lowest BCUT2D eigenvalue weighted by atomic mass is 10.1. The monoisotopic (exact) mass is 413 g/mol. The minimum Gasteiger partial charge on any atom is -0.441 e. The van der Waals surface area contributed by atoms with E-state index in [1.54, 1.807) is 22.6 Å². The van der Waals surface area contributed by atoms with Gasteiger partial charge in [-0.2, -0.15) is 18.2 Å². The maximum absolute atomic E-state index is 12.6. The van der Waals surface area contributed by atoms with Gasteiger partial charge in [-0.3, -0.25) is 0 Å². The quantitative estimate of drug-likeness (QED) is 0.782. The second-order valence-electron chi connectivity index (χ2n) is 3.82. The van der Waals surface area contributed by atoms with Crippen molar-refractivity contribution in [1.82, 2.24) is 10.1 Å². The lowest BCUT2D eigenvalue weighted by Gasteiger charge is -2.08. The van der Waals surface area contributed by atoms with E-state index in [1.807, 2.05) is 0 Å². The van der Waals surface area contributed by atoms with Crippen molar-refractivity contribution in [3.8, 4) is 11.5 Å². The van der Waals surface area contributed by atoms with Crippen LogP contribution in [0.2, 0.25) is 0 Å². The van der Waals surface area contributed by atoms with Gasteiger partial charge in [-0.15, -0.1) is 0 Å². The molecular weight excluding hydrogens is 406 g/mol. The van der Waals surface area contributed by atoms with Crippen molar-refractivity contribution < 1.29 is 27.2 Å². The van der Waals surface area contributed by atoms with E-state index < -0.39 is 17.8 Å². The van der Waals surface area contributed by atoms with E-state index in [1.165, 1.54) is 6.07 Å². The fourth-order valence-electron chi connectivity index (χ4n) is 1.42. The average Bonchev–Trinajstić information content (AvgIpc) is 2.83. The minimum absolute atomic E-state index is 0.0243. The van der Waals surface area contributed by atoms with E-state index in [0.717, 1.165) is 12.1 Å². The molecule has 2 N–H and O–H groups in total. The summed E-state index contributed by atoms with van der Waals surface area (Å²) in [5, 5.41) is 3.53. The highest BCUT2D eigenvalue weighted by Gasteiger charge is 2.31. The predicted octanol–water partition coefficient (Wildman–Crippen LogP) is 2.96. The molecule has 2 aromatic rings. The predicted molar refractivity (Wildman–Crippen MR) is 71.8 cm³/mol. The van der Waals surface area contributed by atoms with Crippen LogP contribution < -0.4 is 5.73 Å². The average molecular weight is 413 g/mol. The van der Waals surface area contributed by atoms with Crippen molar-refractivity contribution >= 4 is 28.7 Å². The second-order valence-corrected chi connectivity index (χ2v) is 4.98. The van der Waals surface area contributed by atoms with Gasteiger partial charge in [-0.05, 0) is 40.8 Å². The van der Waals surface area contributed by atoms with Crippen molar-refractivity contribution in [2.24, 2.45) is 5.73 Å². The summed E-state index contributed by atoms with van der Waals surface area (Å²) in [5.74, 6) is 0.0793. The maximum atomic E-state index is 12.6. The summed E-state index contributed by atoms with van der Waals surface area (Å²) >= 11 is 1.74. The Kier molecular flexibility index (Phi) is 4.34.